The van der Waals surface area contributed by atoms with Gasteiger partial charge in [0, 0.05) is 25.2 Å². The highest BCUT2D eigenvalue weighted by atomic mass is 16.1. The van der Waals surface area contributed by atoms with Gasteiger partial charge in [-0.2, -0.15) is 0 Å². The van der Waals surface area contributed by atoms with Gasteiger partial charge >= 0.3 is 0 Å². The van der Waals surface area contributed by atoms with Crippen LogP contribution in [0.3, 0.4) is 0 Å². The van der Waals surface area contributed by atoms with Gasteiger partial charge in [0.05, 0.1) is 0 Å². The van der Waals surface area contributed by atoms with E-state index in [9.17, 15) is 4.79 Å². The Morgan fingerprint density at radius 1 is 1.38 bits per heavy atom. The summed E-state index contributed by atoms with van der Waals surface area (Å²) in [5, 5.41) is 1.22. The van der Waals surface area contributed by atoms with Crippen molar-refractivity contribution in [1.82, 2.24) is 4.57 Å². The minimum atomic E-state index is 0.501. The van der Waals surface area contributed by atoms with Gasteiger partial charge in [0.1, 0.15) is 6.29 Å². The molecular weight excluding hydrogens is 162 g/mol. The summed E-state index contributed by atoms with van der Waals surface area (Å²) < 4.78 is 2.06. The van der Waals surface area contributed by atoms with Crippen molar-refractivity contribution >= 4 is 17.2 Å². The molecular formula is C11H11NO. The van der Waals surface area contributed by atoms with Gasteiger partial charge in [-0.25, -0.2) is 0 Å². The van der Waals surface area contributed by atoms with E-state index < -0.39 is 0 Å². The SMILES string of the molecule is Cn1ccc2ccc(CC=O)cc21. The second-order valence-corrected chi connectivity index (χ2v) is 3.19. The summed E-state index contributed by atoms with van der Waals surface area (Å²) in [6, 6.07) is 8.18. The minimum absolute atomic E-state index is 0.501. The summed E-state index contributed by atoms with van der Waals surface area (Å²) >= 11 is 0. The first-order valence-corrected chi connectivity index (χ1v) is 4.29. The van der Waals surface area contributed by atoms with Crippen molar-refractivity contribution < 1.29 is 4.79 Å². The summed E-state index contributed by atoms with van der Waals surface area (Å²) in [4.78, 5) is 10.3. The maximum Gasteiger partial charge on any atom is 0.124 e. The smallest absolute Gasteiger partial charge is 0.124 e. The van der Waals surface area contributed by atoms with E-state index in [1.807, 2.05) is 25.4 Å². The van der Waals surface area contributed by atoms with E-state index in [0.29, 0.717) is 6.42 Å². The number of aldehydes is 1. The summed E-state index contributed by atoms with van der Waals surface area (Å²) in [5.74, 6) is 0. The molecule has 0 aliphatic heterocycles. The van der Waals surface area contributed by atoms with Crippen molar-refractivity contribution in [3.8, 4) is 0 Å². The van der Waals surface area contributed by atoms with Crippen molar-refractivity contribution in [2.45, 2.75) is 6.42 Å². The third-order valence-corrected chi connectivity index (χ3v) is 2.27. The fourth-order valence-corrected chi connectivity index (χ4v) is 1.53. The van der Waals surface area contributed by atoms with Crippen LogP contribution in [0.25, 0.3) is 10.9 Å². The van der Waals surface area contributed by atoms with Crippen LogP contribution in [0, 0.1) is 0 Å². The Labute approximate surface area is 76.8 Å². The molecule has 0 fully saturated rings. The zero-order valence-electron chi connectivity index (χ0n) is 7.53. The minimum Gasteiger partial charge on any atom is -0.351 e. The van der Waals surface area contributed by atoms with E-state index in [2.05, 4.69) is 16.7 Å². The highest BCUT2D eigenvalue weighted by molar-refractivity contribution is 5.81. The van der Waals surface area contributed by atoms with Crippen LogP contribution in [-0.2, 0) is 18.3 Å². The van der Waals surface area contributed by atoms with Gasteiger partial charge in [-0.15, -0.1) is 0 Å². The maximum atomic E-state index is 10.3. The van der Waals surface area contributed by atoms with Crippen LogP contribution in [0.4, 0.5) is 0 Å². The Hall–Kier alpha value is -1.57. The lowest BCUT2D eigenvalue weighted by atomic mass is 10.1. The summed E-state index contributed by atoms with van der Waals surface area (Å²) in [6.07, 6.45) is 3.46. The molecule has 2 rings (SSSR count). The molecule has 0 aliphatic carbocycles. The second kappa shape index (κ2) is 3.05. The number of carbonyl (C=O) groups is 1. The van der Waals surface area contributed by atoms with Crippen LogP contribution in [-0.4, -0.2) is 10.9 Å². The molecule has 2 nitrogen and oxygen atoms in total. The summed E-state index contributed by atoms with van der Waals surface area (Å²) in [5.41, 5.74) is 2.25. The number of aromatic nitrogens is 1. The van der Waals surface area contributed by atoms with Crippen LogP contribution in [0.2, 0.25) is 0 Å². The number of benzene rings is 1. The topological polar surface area (TPSA) is 22.0 Å². The van der Waals surface area contributed by atoms with Crippen molar-refractivity contribution in [3.63, 3.8) is 0 Å². The largest absolute Gasteiger partial charge is 0.351 e. The van der Waals surface area contributed by atoms with Crippen LogP contribution < -0.4 is 0 Å². The number of hydrogen-bond donors (Lipinski definition) is 0. The van der Waals surface area contributed by atoms with Crippen LogP contribution >= 0.6 is 0 Å². The maximum absolute atomic E-state index is 10.3. The van der Waals surface area contributed by atoms with Gasteiger partial charge in [-0.05, 0) is 23.1 Å². The number of carbonyl (C=O) groups excluding carboxylic acids is 1. The predicted octanol–water partition coefficient (Wildman–Crippen LogP) is 1.92. The molecule has 0 amide bonds. The molecule has 0 spiro atoms. The Morgan fingerprint density at radius 3 is 3.00 bits per heavy atom. The number of nitrogens with zero attached hydrogens (tertiary/aromatic N) is 1. The van der Waals surface area contributed by atoms with Crippen LogP contribution in [0.1, 0.15) is 5.56 Å². The van der Waals surface area contributed by atoms with Gasteiger partial charge < -0.3 is 9.36 Å². The molecule has 0 saturated heterocycles. The number of aryl methyl sites for hydroxylation is 1. The zero-order chi connectivity index (χ0) is 9.26. The molecule has 0 bridgehead atoms. The Morgan fingerprint density at radius 2 is 2.23 bits per heavy atom. The van der Waals surface area contributed by atoms with E-state index in [1.54, 1.807) is 0 Å². The van der Waals surface area contributed by atoms with Crippen LogP contribution in [0.15, 0.2) is 30.5 Å². The Bertz CT molecular complexity index is 442. The third kappa shape index (κ3) is 1.35. The molecule has 0 radical (unpaired) electrons. The lowest BCUT2D eigenvalue weighted by molar-refractivity contribution is -0.107. The highest BCUT2D eigenvalue weighted by Crippen LogP contribution is 2.16. The third-order valence-electron chi connectivity index (χ3n) is 2.27. The molecule has 1 heterocycles. The molecule has 2 heteroatoms. The Balaban J connectivity index is 2.58. The first-order valence-electron chi connectivity index (χ1n) is 4.29. The quantitative estimate of drug-likeness (QED) is 0.636. The van der Waals surface area contributed by atoms with Gasteiger partial charge in [0.25, 0.3) is 0 Å². The number of rotatable bonds is 2. The van der Waals surface area contributed by atoms with Gasteiger partial charge in [0.15, 0.2) is 0 Å². The average molecular weight is 173 g/mol. The summed E-state index contributed by atoms with van der Waals surface area (Å²) in [7, 11) is 2.01. The van der Waals surface area contributed by atoms with Gasteiger partial charge in [0.2, 0.25) is 0 Å². The number of hydrogen-bond acceptors (Lipinski definition) is 1. The predicted molar refractivity (Wildman–Crippen MR) is 52.7 cm³/mol. The van der Waals surface area contributed by atoms with E-state index in [0.717, 1.165) is 11.8 Å². The van der Waals surface area contributed by atoms with Crippen molar-refractivity contribution in [2.24, 2.45) is 7.05 Å². The molecule has 1 aromatic carbocycles. The fraction of sp³-hybridized carbons (Fsp3) is 0.182. The average Bonchev–Trinajstić information content (AvgIpc) is 2.49. The van der Waals surface area contributed by atoms with Crippen molar-refractivity contribution in [1.29, 1.82) is 0 Å². The molecule has 0 aliphatic rings. The van der Waals surface area contributed by atoms with Crippen LogP contribution in [0.5, 0.6) is 0 Å². The molecule has 2 aromatic rings. The van der Waals surface area contributed by atoms with E-state index in [1.165, 1.54) is 10.9 Å². The first kappa shape index (κ1) is 8.05. The van der Waals surface area contributed by atoms with Crippen molar-refractivity contribution in [2.75, 3.05) is 0 Å². The molecule has 66 valence electrons. The monoisotopic (exact) mass is 173 g/mol. The first-order chi connectivity index (χ1) is 6.31. The highest BCUT2D eigenvalue weighted by Gasteiger charge is 1.98. The molecule has 0 N–H and O–H groups in total. The molecule has 13 heavy (non-hydrogen) atoms. The summed E-state index contributed by atoms with van der Waals surface area (Å²) in [6.45, 7) is 0. The van der Waals surface area contributed by atoms with Crippen molar-refractivity contribution in [3.05, 3.63) is 36.0 Å². The van der Waals surface area contributed by atoms with E-state index >= 15 is 0 Å². The van der Waals surface area contributed by atoms with E-state index in [4.69, 9.17) is 0 Å². The lowest BCUT2D eigenvalue weighted by Gasteiger charge is -1.98. The number of fused-ring (bicyclic) bond motifs is 1. The van der Waals surface area contributed by atoms with Gasteiger partial charge in [-0.3, -0.25) is 0 Å². The molecule has 1 aromatic heterocycles. The fourth-order valence-electron chi connectivity index (χ4n) is 1.53. The van der Waals surface area contributed by atoms with Gasteiger partial charge in [-0.1, -0.05) is 12.1 Å². The lowest BCUT2D eigenvalue weighted by Crippen LogP contribution is -1.88. The molecule has 0 atom stereocenters. The molecule has 0 saturated carbocycles. The standard InChI is InChI=1S/C11H11NO/c1-12-6-4-10-3-2-9(5-7-13)8-11(10)12/h2-4,6-8H,5H2,1H3. The normalized spacial score (nSPS) is 10.5. The Kier molecular flexibility index (Phi) is 1.89. The van der Waals surface area contributed by atoms with E-state index in [-0.39, 0.29) is 0 Å². The second-order valence-electron chi connectivity index (χ2n) is 3.19. The zero-order valence-corrected chi connectivity index (χ0v) is 7.53. The molecule has 0 unspecified atom stereocenters.